The van der Waals surface area contributed by atoms with E-state index < -0.39 is 29.5 Å². The number of carbonyl (C=O) groups excluding carboxylic acids is 2. The van der Waals surface area contributed by atoms with Crippen LogP contribution in [0.5, 0.6) is 0 Å². The molecule has 2 heterocycles. The molecule has 0 bridgehead atoms. The van der Waals surface area contributed by atoms with E-state index in [0.717, 1.165) is 18.8 Å². The molecule has 9 nitrogen and oxygen atoms in total. The molecule has 1 aromatic heterocycles. The summed E-state index contributed by atoms with van der Waals surface area (Å²) in [5.74, 6) is -2.22. The zero-order valence-corrected chi connectivity index (χ0v) is 23.8. The summed E-state index contributed by atoms with van der Waals surface area (Å²) in [5, 5.41) is 11.1. The Hall–Kier alpha value is -5.16. The van der Waals surface area contributed by atoms with Crippen molar-refractivity contribution in [2.75, 3.05) is 36.5 Å². The smallest absolute Gasteiger partial charge is 0.251 e. The molecule has 1 aliphatic rings. The van der Waals surface area contributed by atoms with E-state index in [4.69, 9.17) is 4.74 Å². The van der Waals surface area contributed by atoms with Crippen LogP contribution in [0.4, 0.5) is 20.2 Å². The fourth-order valence-corrected chi connectivity index (χ4v) is 5.32. The standard InChI is InChI=1S/C33H30F2N6O3/c34-25-8-5-7-23(20-25)32(33(43)36-26-12-14-27(15-13-26)39-16-18-44-19-17-39)40(21-24-6-1-2-9-28(24)35)31(42)22-41-30-11-4-3-10-29(30)37-38-41/h1-15,20,32H,16-19,21-22H2,(H,36,43). The third kappa shape index (κ3) is 6.42. The van der Waals surface area contributed by atoms with Crippen molar-refractivity contribution in [1.29, 1.82) is 0 Å². The minimum Gasteiger partial charge on any atom is -0.378 e. The SMILES string of the molecule is O=C(Nc1ccc(N2CCOCC2)cc1)C(c1cccc(F)c1)N(Cc1ccccc1F)C(=O)Cn1nnc2ccccc21. The Morgan fingerprint density at radius 3 is 2.43 bits per heavy atom. The Bertz CT molecular complexity index is 1770. The number of morpholine rings is 1. The second-order valence-corrected chi connectivity index (χ2v) is 10.4. The average molecular weight is 597 g/mol. The first-order valence-electron chi connectivity index (χ1n) is 14.3. The van der Waals surface area contributed by atoms with Crippen LogP contribution in [0.15, 0.2) is 97.1 Å². The predicted molar refractivity (Wildman–Crippen MR) is 162 cm³/mol. The number of nitrogens with one attached hydrogen (secondary N) is 1. The lowest BCUT2D eigenvalue weighted by Gasteiger charge is -2.32. The fraction of sp³-hybridized carbons (Fsp3) is 0.212. The monoisotopic (exact) mass is 596 g/mol. The van der Waals surface area contributed by atoms with Crippen molar-refractivity contribution in [3.63, 3.8) is 0 Å². The van der Waals surface area contributed by atoms with Gasteiger partial charge in [0, 0.05) is 36.6 Å². The van der Waals surface area contributed by atoms with Gasteiger partial charge in [0.2, 0.25) is 5.91 Å². The van der Waals surface area contributed by atoms with E-state index in [9.17, 15) is 18.4 Å². The second kappa shape index (κ2) is 13.0. The summed E-state index contributed by atoms with van der Waals surface area (Å²) in [6, 6.07) is 24.7. The first-order valence-corrected chi connectivity index (χ1v) is 14.3. The van der Waals surface area contributed by atoms with E-state index in [2.05, 4.69) is 20.5 Å². The minimum atomic E-state index is -1.30. The van der Waals surface area contributed by atoms with Gasteiger partial charge in [0.25, 0.3) is 5.91 Å². The van der Waals surface area contributed by atoms with E-state index >= 15 is 0 Å². The first kappa shape index (κ1) is 28.9. The number of aromatic nitrogens is 3. The third-order valence-corrected chi connectivity index (χ3v) is 7.56. The molecule has 44 heavy (non-hydrogen) atoms. The van der Waals surface area contributed by atoms with E-state index in [-0.39, 0.29) is 24.2 Å². The number of carbonyl (C=O) groups is 2. The van der Waals surface area contributed by atoms with E-state index in [1.807, 2.05) is 18.2 Å². The quantitative estimate of drug-likeness (QED) is 0.259. The number of fused-ring (bicyclic) bond motifs is 1. The molecule has 5 aromatic rings. The molecule has 0 radical (unpaired) electrons. The van der Waals surface area contributed by atoms with Crippen molar-refractivity contribution < 1.29 is 23.1 Å². The number of halogens is 2. The van der Waals surface area contributed by atoms with Gasteiger partial charge in [-0.3, -0.25) is 9.59 Å². The van der Waals surface area contributed by atoms with Gasteiger partial charge in [-0.15, -0.1) is 5.10 Å². The van der Waals surface area contributed by atoms with Gasteiger partial charge in [0.1, 0.15) is 29.7 Å². The molecule has 1 saturated heterocycles. The number of ether oxygens (including phenoxy) is 1. The van der Waals surface area contributed by atoms with Crippen LogP contribution in [-0.2, 0) is 27.4 Å². The number of benzene rings is 4. The van der Waals surface area contributed by atoms with Crippen molar-refractivity contribution >= 4 is 34.2 Å². The maximum Gasteiger partial charge on any atom is 0.251 e. The first-order chi connectivity index (χ1) is 21.5. The van der Waals surface area contributed by atoms with Gasteiger partial charge in [0.15, 0.2) is 0 Å². The molecule has 0 saturated carbocycles. The summed E-state index contributed by atoms with van der Waals surface area (Å²) < 4.78 is 36.3. The van der Waals surface area contributed by atoms with Gasteiger partial charge in [0.05, 0.1) is 18.7 Å². The highest BCUT2D eigenvalue weighted by atomic mass is 19.1. The number of nitrogens with zero attached hydrogens (tertiary/aromatic N) is 5. The molecule has 1 unspecified atom stereocenters. The number of amides is 2. The molecule has 0 spiro atoms. The summed E-state index contributed by atoms with van der Waals surface area (Å²) in [4.78, 5) is 31.6. The summed E-state index contributed by atoms with van der Waals surface area (Å²) in [6.45, 7) is 2.29. The lowest BCUT2D eigenvalue weighted by atomic mass is 10.0. The molecule has 1 aliphatic heterocycles. The fourth-order valence-electron chi connectivity index (χ4n) is 5.32. The number of rotatable bonds is 9. The predicted octanol–water partition coefficient (Wildman–Crippen LogP) is 4.95. The van der Waals surface area contributed by atoms with Gasteiger partial charge in [-0.25, -0.2) is 13.5 Å². The van der Waals surface area contributed by atoms with Gasteiger partial charge < -0.3 is 19.9 Å². The van der Waals surface area contributed by atoms with E-state index in [1.165, 1.54) is 33.8 Å². The van der Waals surface area contributed by atoms with Crippen LogP contribution in [0, 0.1) is 11.6 Å². The highest BCUT2D eigenvalue weighted by Crippen LogP contribution is 2.28. The average Bonchev–Trinajstić information content (AvgIpc) is 3.45. The van der Waals surface area contributed by atoms with E-state index in [1.54, 1.807) is 54.6 Å². The molecule has 224 valence electrons. The Morgan fingerprint density at radius 1 is 0.909 bits per heavy atom. The Kier molecular flexibility index (Phi) is 8.55. The van der Waals surface area contributed by atoms with Gasteiger partial charge in [-0.1, -0.05) is 47.7 Å². The molecule has 11 heteroatoms. The van der Waals surface area contributed by atoms with Gasteiger partial charge in [-0.05, 0) is 60.2 Å². The molecule has 1 fully saturated rings. The van der Waals surface area contributed by atoms with Crippen LogP contribution in [-0.4, -0.2) is 58.0 Å². The number of para-hydroxylation sites is 1. The Labute approximate surface area is 252 Å². The van der Waals surface area contributed by atoms with Gasteiger partial charge in [-0.2, -0.15) is 0 Å². The van der Waals surface area contributed by atoms with Crippen molar-refractivity contribution in [2.24, 2.45) is 0 Å². The number of anilines is 2. The third-order valence-electron chi connectivity index (χ3n) is 7.56. The summed E-state index contributed by atoms with van der Waals surface area (Å²) >= 11 is 0. The minimum absolute atomic E-state index is 0.202. The molecule has 1 N–H and O–H groups in total. The van der Waals surface area contributed by atoms with Crippen LogP contribution in [0.25, 0.3) is 11.0 Å². The Balaban J connectivity index is 1.34. The topological polar surface area (TPSA) is 92.6 Å². The molecule has 4 aromatic carbocycles. The lowest BCUT2D eigenvalue weighted by Crippen LogP contribution is -2.42. The van der Waals surface area contributed by atoms with Crippen molar-refractivity contribution in [3.05, 3.63) is 120 Å². The highest BCUT2D eigenvalue weighted by molar-refractivity contribution is 5.98. The normalized spacial score (nSPS) is 13.9. The molecule has 0 aliphatic carbocycles. The van der Waals surface area contributed by atoms with Crippen LogP contribution < -0.4 is 10.2 Å². The summed E-state index contributed by atoms with van der Waals surface area (Å²) in [5.41, 5.74) is 3.15. The summed E-state index contributed by atoms with van der Waals surface area (Å²) in [7, 11) is 0. The highest BCUT2D eigenvalue weighted by Gasteiger charge is 2.33. The van der Waals surface area contributed by atoms with Gasteiger partial charge >= 0.3 is 0 Å². The largest absolute Gasteiger partial charge is 0.378 e. The van der Waals surface area contributed by atoms with Crippen LogP contribution in [0.3, 0.4) is 0 Å². The van der Waals surface area contributed by atoms with Crippen LogP contribution in [0.1, 0.15) is 17.2 Å². The van der Waals surface area contributed by atoms with E-state index in [0.29, 0.717) is 29.9 Å². The number of hydrogen-bond donors (Lipinski definition) is 1. The second-order valence-electron chi connectivity index (χ2n) is 10.4. The van der Waals surface area contributed by atoms with Crippen LogP contribution >= 0.6 is 0 Å². The lowest BCUT2D eigenvalue weighted by molar-refractivity contribution is -0.140. The van der Waals surface area contributed by atoms with Crippen LogP contribution in [0.2, 0.25) is 0 Å². The summed E-state index contributed by atoms with van der Waals surface area (Å²) in [6.07, 6.45) is 0. The zero-order chi connectivity index (χ0) is 30.5. The van der Waals surface area contributed by atoms with Crippen molar-refractivity contribution in [1.82, 2.24) is 19.9 Å². The molecule has 1 atom stereocenters. The number of hydrogen-bond acceptors (Lipinski definition) is 6. The Morgan fingerprint density at radius 2 is 1.66 bits per heavy atom. The maximum atomic E-state index is 14.9. The molecule has 6 rings (SSSR count). The van der Waals surface area contributed by atoms with Crippen molar-refractivity contribution in [3.8, 4) is 0 Å². The molecular formula is C33H30F2N6O3. The maximum absolute atomic E-state index is 14.9. The molecular weight excluding hydrogens is 566 g/mol. The molecule has 2 amide bonds. The zero-order valence-electron chi connectivity index (χ0n) is 23.8. The van der Waals surface area contributed by atoms with Crippen molar-refractivity contribution in [2.45, 2.75) is 19.1 Å².